The normalized spacial score (nSPS) is 9.14. The molecule has 14 heavy (non-hydrogen) atoms. The maximum atomic E-state index is 10.7. The lowest BCUT2D eigenvalue weighted by Crippen LogP contribution is -2.08. The lowest BCUT2D eigenvalue weighted by molar-refractivity contribution is 0.0697. The summed E-state index contributed by atoms with van der Waals surface area (Å²) in [5.74, 6) is 1.44. The number of hydrogen-bond acceptors (Lipinski definition) is 3. The second-order valence-corrected chi connectivity index (χ2v) is 2.85. The molecular formula is C9H7ClN2O2. The van der Waals surface area contributed by atoms with Gasteiger partial charge in [0.25, 0.3) is 0 Å². The Morgan fingerprint density at radius 3 is 3.07 bits per heavy atom. The molecular weight excluding hydrogens is 204 g/mol. The largest absolute Gasteiger partial charge is 0.478 e. The van der Waals surface area contributed by atoms with Crippen LogP contribution < -0.4 is 5.32 Å². The van der Waals surface area contributed by atoms with Crippen LogP contribution in [0.1, 0.15) is 10.4 Å². The molecule has 0 aliphatic rings. The van der Waals surface area contributed by atoms with Crippen LogP contribution in [0.25, 0.3) is 0 Å². The first kappa shape index (κ1) is 10.4. The molecule has 0 aliphatic carbocycles. The zero-order chi connectivity index (χ0) is 10.6. The number of nitrogens with one attached hydrogen (secondary N) is 1. The van der Waals surface area contributed by atoms with Crippen molar-refractivity contribution in [3.63, 3.8) is 0 Å². The van der Waals surface area contributed by atoms with Gasteiger partial charge in [0.15, 0.2) is 0 Å². The van der Waals surface area contributed by atoms with Gasteiger partial charge in [-0.1, -0.05) is 17.5 Å². The Morgan fingerprint density at radius 1 is 1.79 bits per heavy atom. The summed E-state index contributed by atoms with van der Waals surface area (Å²) in [5.41, 5.74) is 0.00718. The fourth-order valence-electron chi connectivity index (χ4n) is 0.878. The molecule has 0 fully saturated rings. The maximum absolute atomic E-state index is 10.7. The van der Waals surface area contributed by atoms with E-state index in [1.807, 2.05) is 0 Å². The van der Waals surface area contributed by atoms with Gasteiger partial charge in [0.2, 0.25) is 0 Å². The highest BCUT2D eigenvalue weighted by atomic mass is 35.5. The van der Waals surface area contributed by atoms with E-state index in [2.05, 4.69) is 16.2 Å². The van der Waals surface area contributed by atoms with E-state index in [0.717, 1.165) is 0 Å². The molecule has 0 unspecified atom stereocenters. The van der Waals surface area contributed by atoms with E-state index in [0.29, 0.717) is 0 Å². The zero-order valence-corrected chi connectivity index (χ0v) is 7.88. The number of aromatic nitrogens is 1. The van der Waals surface area contributed by atoms with Gasteiger partial charge in [-0.25, -0.2) is 9.78 Å². The molecule has 0 radical (unpaired) electrons. The van der Waals surface area contributed by atoms with E-state index in [1.54, 1.807) is 0 Å². The first-order valence-electron chi connectivity index (χ1n) is 3.71. The summed E-state index contributed by atoms with van der Waals surface area (Å²) in [6.07, 6.45) is 6.37. The van der Waals surface area contributed by atoms with Crippen molar-refractivity contribution in [1.29, 1.82) is 0 Å². The summed E-state index contributed by atoms with van der Waals surface area (Å²) in [5, 5.41) is 11.8. The molecule has 0 amide bonds. The van der Waals surface area contributed by atoms with Crippen molar-refractivity contribution in [3.05, 3.63) is 22.8 Å². The van der Waals surface area contributed by atoms with Crippen molar-refractivity contribution >= 4 is 23.4 Å². The number of terminal acetylenes is 1. The monoisotopic (exact) mass is 210 g/mol. The Hall–Kier alpha value is -1.73. The number of aromatic carboxylic acids is 1. The molecule has 1 heterocycles. The van der Waals surface area contributed by atoms with Gasteiger partial charge < -0.3 is 10.4 Å². The number of pyridine rings is 1. The Labute approximate surface area is 85.9 Å². The second-order valence-electron chi connectivity index (χ2n) is 2.41. The molecule has 0 saturated carbocycles. The second kappa shape index (κ2) is 4.49. The SMILES string of the molecule is C#CCNc1ncc(Cl)cc1C(=O)O. The van der Waals surface area contributed by atoms with Crippen LogP contribution in [0.2, 0.25) is 5.02 Å². The van der Waals surface area contributed by atoms with Crippen molar-refractivity contribution < 1.29 is 9.90 Å². The molecule has 2 N–H and O–H groups in total. The van der Waals surface area contributed by atoms with Crippen LogP contribution in [-0.2, 0) is 0 Å². The van der Waals surface area contributed by atoms with Crippen LogP contribution in [0.15, 0.2) is 12.3 Å². The molecule has 1 aromatic heterocycles. The van der Waals surface area contributed by atoms with Crippen molar-refractivity contribution in [2.24, 2.45) is 0 Å². The number of nitrogens with zero attached hydrogens (tertiary/aromatic N) is 1. The highest BCUT2D eigenvalue weighted by Gasteiger charge is 2.11. The van der Waals surface area contributed by atoms with Crippen molar-refractivity contribution in [3.8, 4) is 12.3 Å². The predicted octanol–water partition coefficient (Wildman–Crippen LogP) is 1.48. The number of carbonyl (C=O) groups is 1. The summed E-state index contributed by atoms with van der Waals surface area (Å²) in [4.78, 5) is 14.6. The number of halogens is 1. The predicted molar refractivity (Wildman–Crippen MR) is 53.5 cm³/mol. The minimum atomic E-state index is -1.10. The third kappa shape index (κ3) is 2.38. The molecule has 0 saturated heterocycles. The van der Waals surface area contributed by atoms with Gasteiger partial charge in [0.1, 0.15) is 11.4 Å². The number of hydrogen-bond donors (Lipinski definition) is 2. The van der Waals surface area contributed by atoms with E-state index in [4.69, 9.17) is 23.1 Å². The topological polar surface area (TPSA) is 62.2 Å². The van der Waals surface area contributed by atoms with Crippen LogP contribution >= 0.6 is 11.6 Å². The van der Waals surface area contributed by atoms with Gasteiger partial charge >= 0.3 is 5.97 Å². The lowest BCUT2D eigenvalue weighted by atomic mass is 10.2. The molecule has 1 aromatic rings. The number of carboxylic acids is 1. The Kier molecular flexibility index (Phi) is 3.32. The van der Waals surface area contributed by atoms with Gasteiger partial charge in [-0.05, 0) is 6.07 Å². The average Bonchev–Trinajstić information content (AvgIpc) is 2.15. The summed E-state index contributed by atoms with van der Waals surface area (Å²) < 4.78 is 0. The molecule has 0 aromatic carbocycles. The van der Waals surface area contributed by atoms with Crippen molar-refractivity contribution in [2.45, 2.75) is 0 Å². The maximum Gasteiger partial charge on any atom is 0.339 e. The van der Waals surface area contributed by atoms with Gasteiger partial charge in [0.05, 0.1) is 11.6 Å². The third-order valence-corrected chi connectivity index (χ3v) is 1.65. The summed E-state index contributed by atoms with van der Waals surface area (Å²) in [6.45, 7) is 0.217. The van der Waals surface area contributed by atoms with Crippen LogP contribution in [0.4, 0.5) is 5.82 Å². The summed E-state index contributed by atoms with van der Waals surface area (Å²) in [7, 11) is 0. The number of anilines is 1. The van der Waals surface area contributed by atoms with E-state index in [9.17, 15) is 4.79 Å². The molecule has 0 aliphatic heterocycles. The molecule has 5 heteroatoms. The summed E-state index contributed by atoms with van der Waals surface area (Å²) >= 11 is 5.60. The van der Waals surface area contributed by atoms with Gasteiger partial charge in [0, 0.05) is 6.20 Å². The first-order valence-corrected chi connectivity index (χ1v) is 4.09. The highest BCUT2D eigenvalue weighted by Crippen LogP contribution is 2.16. The smallest absolute Gasteiger partial charge is 0.339 e. The molecule has 4 nitrogen and oxygen atoms in total. The Morgan fingerprint density at radius 2 is 2.50 bits per heavy atom. The highest BCUT2D eigenvalue weighted by molar-refractivity contribution is 6.30. The first-order chi connectivity index (χ1) is 6.65. The Bertz CT molecular complexity index is 398. The summed E-state index contributed by atoms with van der Waals surface area (Å²) in [6, 6.07) is 1.32. The van der Waals surface area contributed by atoms with Gasteiger partial charge in [-0.15, -0.1) is 6.42 Å². The quantitative estimate of drug-likeness (QED) is 0.742. The fourth-order valence-corrected chi connectivity index (χ4v) is 1.04. The van der Waals surface area contributed by atoms with Gasteiger partial charge in [-0.2, -0.15) is 0 Å². The number of rotatable bonds is 3. The van der Waals surface area contributed by atoms with Crippen LogP contribution in [0.3, 0.4) is 0 Å². The molecule has 0 bridgehead atoms. The van der Waals surface area contributed by atoms with Crippen LogP contribution in [0.5, 0.6) is 0 Å². The molecule has 0 atom stereocenters. The van der Waals surface area contributed by atoms with E-state index in [1.165, 1.54) is 12.3 Å². The van der Waals surface area contributed by atoms with E-state index < -0.39 is 5.97 Å². The van der Waals surface area contributed by atoms with Crippen molar-refractivity contribution in [1.82, 2.24) is 4.98 Å². The van der Waals surface area contributed by atoms with Crippen LogP contribution in [-0.4, -0.2) is 22.6 Å². The van der Waals surface area contributed by atoms with Crippen molar-refractivity contribution in [2.75, 3.05) is 11.9 Å². The minimum absolute atomic E-state index is 0.00718. The van der Waals surface area contributed by atoms with E-state index in [-0.39, 0.29) is 22.9 Å². The average molecular weight is 211 g/mol. The minimum Gasteiger partial charge on any atom is -0.478 e. The zero-order valence-electron chi connectivity index (χ0n) is 7.12. The third-order valence-electron chi connectivity index (χ3n) is 1.44. The molecule has 1 rings (SSSR count). The van der Waals surface area contributed by atoms with E-state index >= 15 is 0 Å². The lowest BCUT2D eigenvalue weighted by Gasteiger charge is -2.05. The van der Waals surface area contributed by atoms with Gasteiger partial charge in [-0.3, -0.25) is 0 Å². The van der Waals surface area contributed by atoms with Crippen LogP contribution in [0, 0.1) is 12.3 Å². The fraction of sp³-hybridized carbons (Fsp3) is 0.111. The molecule has 0 spiro atoms. The molecule has 72 valence electrons. The number of carboxylic acid groups (broad SMARTS) is 1. The standard InChI is InChI=1S/C9H7ClN2O2/c1-2-3-11-8-7(9(13)14)4-6(10)5-12-8/h1,4-5H,3H2,(H,11,12)(H,13,14). The Balaban J connectivity index is 3.03.